The van der Waals surface area contributed by atoms with E-state index in [0.29, 0.717) is 13.0 Å². The summed E-state index contributed by atoms with van der Waals surface area (Å²) in [5, 5.41) is 6.32. The van der Waals surface area contributed by atoms with Crippen molar-refractivity contribution in [1.29, 1.82) is 0 Å². The predicted octanol–water partition coefficient (Wildman–Crippen LogP) is -0.763. The number of rotatable bonds is 3. The lowest BCUT2D eigenvalue weighted by atomic mass is 10.4. The zero-order valence-corrected chi connectivity index (χ0v) is 4.87. The van der Waals surface area contributed by atoms with Gasteiger partial charge in [-0.3, -0.25) is 5.10 Å². The molecule has 0 unspecified atom stereocenters. The van der Waals surface area contributed by atoms with Crippen LogP contribution >= 0.6 is 0 Å². The van der Waals surface area contributed by atoms with Crippen LogP contribution in [0, 0.1) is 0 Å². The Hall–Kier alpha value is -0.940. The summed E-state index contributed by atoms with van der Waals surface area (Å²) < 4.78 is 0. The Kier molecular flexibility index (Phi) is 2.17. The summed E-state index contributed by atoms with van der Waals surface area (Å²) in [4.78, 5) is 8.18. The van der Waals surface area contributed by atoms with Crippen LogP contribution in [0.25, 0.3) is 0 Å². The summed E-state index contributed by atoms with van der Waals surface area (Å²) in [5.41, 5.74) is 0. The highest BCUT2D eigenvalue weighted by molar-refractivity contribution is 4.78. The molecule has 0 amide bonds. The lowest BCUT2D eigenvalue weighted by molar-refractivity contribution is 0.140. The number of nitrogens with one attached hydrogen (secondary N) is 1. The molecule has 0 spiro atoms. The molecule has 0 aromatic carbocycles. The number of hydrogen-bond acceptors (Lipinski definition) is 4. The fraction of sp³-hybridized carbons (Fsp3) is 0.500. The van der Waals surface area contributed by atoms with Gasteiger partial charge in [0.25, 0.3) is 0 Å². The van der Waals surface area contributed by atoms with Gasteiger partial charge in [-0.15, -0.1) is 0 Å². The molecule has 0 radical (unpaired) electrons. The fourth-order valence-electron chi connectivity index (χ4n) is 0.507. The maximum absolute atomic E-state index is 4.78. The second kappa shape index (κ2) is 3.16. The van der Waals surface area contributed by atoms with E-state index in [1.165, 1.54) is 6.33 Å². The molecule has 1 heterocycles. The van der Waals surface area contributed by atoms with Crippen molar-refractivity contribution in [2.24, 2.45) is 5.90 Å². The Bertz CT molecular complexity index is 150. The lowest BCUT2D eigenvalue weighted by Crippen LogP contribution is -2.04. The Morgan fingerprint density at radius 2 is 2.67 bits per heavy atom. The van der Waals surface area contributed by atoms with Gasteiger partial charge in [0.15, 0.2) is 0 Å². The summed E-state index contributed by atoms with van der Waals surface area (Å²) in [6.07, 6.45) is 2.13. The van der Waals surface area contributed by atoms with Crippen LogP contribution in [0.4, 0.5) is 0 Å². The predicted molar refractivity (Wildman–Crippen MR) is 30.2 cm³/mol. The van der Waals surface area contributed by atoms with Gasteiger partial charge in [-0.05, 0) is 0 Å². The number of nitrogens with zero attached hydrogens (tertiary/aromatic N) is 2. The van der Waals surface area contributed by atoms with Crippen molar-refractivity contribution in [3.63, 3.8) is 0 Å². The van der Waals surface area contributed by atoms with E-state index in [-0.39, 0.29) is 0 Å². The van der Waals surface area contributed by atoms with Gasteiger partial charge < -0.3 is 4.84 Å². The third-order valence-corrected chi connectivity index (χ3v) is 0.922. The zero-order valence-electron chi connectivity index (χ0n) is 4.87. The molecule has 0 saturated carbocycles. The van der Waals surface area contributed by atoms with Crippen molar-refractivity contribution >= 4 is 0 Å². The maximum atomic E-state index is 4.78. The van der Waals surface area contributed by atoms with Crippen molar-refractivity contribution in [3.8, 4) is 0 Å². The van der Waals surface area contributed by atoms with E-state index in [0.717, 1.165) is 5.82 Å². The van der Waals surface area contributed by atoms with E-state index >= 15 is 0 Å². The highest BCUT2D eigenvalue weighted by atomic mass is 16.6. The summed E-state index contributed by atoms with van der Waals surface area (Å²) in [6, 6.07) is 0. The summed E-state index contributed by atoms with van der Waals surface area (Å²) >= 11 is 0. The molecular weight excluding hydrogens is 120 g/mol. The highest BCUT2D eigenvalue weighted by Gasteiger charge is 1.92. The van der Waals surface area contributed by atoms with Crippen LogP contribution in [0.15, 0.2) is 6.33 Å². The minimum atomic E-state index is 0.467. The van der Waals surface area contributed by atoms with Crippen molar-refractivity contribution in [2.45, 2.75) is 6.42 Å². The minimum Gasteiger partial charge on any atom is -0.304 e. The van der Waals surface area contributed by atoms with Crippen LogP contribution in [0.1, 0.15) is 5.82 Å². The monoisotopic (exact) mass is 128 g/mol. The smallest absolute Gasteiger partial charge is 0.137 e. The van der Waals surface area contributed by atoms with Crippen LogP contribution in [-0.4, -0.2) is 21.8 Å². The van der Waals surface area contributed by atoms with Gasteiger partial charge in [-0.25, -0.2) is 10.9 Å². The second-order valence-electron chi connectivity index (χ2n) is 1.55. The molecule has 0 saturated heterocycles. The Morgan fingerprint density at radius 3 is 3.22 bits per heavy atom. The van der Waals surface area contributed by atoms with Crippen molar-refractivity contribution in [3.05, 3.63) is 12.2 Å². The van der Waals surface area contributed by atoms with E-state index < -0.39 is 0 Å². The van der Waals surface area contributed by atoms with Crippen molar-refractivity contribution in [1.82, 2.24) is 15.2 Å². The molecule has 5 heteroatoms. The van der Waals surface area contributed by atoms with Gasteiger partial charge in [0.05, 0.1) is 6.61 Å². The first-order valence-corrected chi connectivity index (χ1v) is 2.59. The van der Waals surface area contributed by atoms with Crippen LogP contribution in [0.3, 0.4) is 0 Å². The number of H-pyrrole nitrogens is 1. The number of nitrogens with two attached hydrogens (primary N) is 1. The first kappa shape index (κ1) is 6.18. The second-order valence-corrected chi connectivity index (χ2v) is 1.55. The Morgan fingerprint density at radius 1 is 1.78 bits per heavy atom. The van der Waals surface area contributed by atoms with Gasteiger partial charge in [0, 0.05) is 6.42 Å². The van der Waals surface area contributed by atoms with Gasteiger partial charge in [-0.2, -0.15) is 5.10 Å². The quantitative estimate of drug-likeness (QED) is 0.524. The SMILES string of the molecule is NOCCc1ncn[nH]1. The molecule has 0 atom stereocenters. The van der Waals surface area contributed by atoms with E-state index in [2.05, 4.69) is 20.0 Å². The Balaban J connectivity index is 2.30. The van der Waals surface area contributed by atoms with E-state index in [4.69, 9.17) is 5.90 Å². The molecule has 1 rings (SSSR count). The maximum Gasteiger partial charge on any atom is 0.137 e. The van der Waals surface area contributed by atoms with E-state index in [9.17, 15) is 0 Å². The van der Waals surface area contributed by atoms with Crippen LogP contribution < -0.4 is 5.90 Å². The average Bonchev–Trinajstić information content (AvgIpc) is 2.34. The molecular formula is C4H8N4O. The Labute approximate surface area is 52.2 Å². The van der Waals surface area contributed by atoms with Gasteiger partial charge in [-0.1, -0.05) is 0 Å². The lowest BCUT2D eigenvalue weighted by Gasteiger charge is -1.90. The van der Waals surface area contributed by atoms with Gasteiger partial charge >= 0.3 is 0 Å². The largest absolute Gasteiger partial charge is 0.304 e. The molecule has 1 aromatic heterocycles. The summed E-state index contributed by atoms with van der Waals surface area (Å²) in [7, 11) is 0. The van der Waals surface area contributed by atoms with Crippen LogP contribution in [-0.2, 0) is 11.3 Å². The molecule has 5 nitrogen and oxygen atoms in total. The molecule has 0 aliphatic carbocycles. The van der Waals surface area contributed by atoms with Crippen molar-refractivity contribution < 1.29 is 4.84 Å². The topological polar surface area (TPSA) is 76.8 Å². The third-order valence-electron chi connectivity index (χ3n) is 0.922. The zero-order chi connectivity index (χ0) is 6.53. The highest BCUT2D eigenvalue weighted by Crippen LogP contribution is 1.85. The summed E-state index contributed by atoms with van der Waals surface area (Å²) in [5.74, 6) is 5.58. The van der Waals surface area contributed by atoms with E-state index in [1.807, 2.05) is 0 Å². The number of aromatic amines is 1. The van der Waals surface area contributed by atoms with Gasteiger partial charge in [0.2, 0.25) is 0 Å². The number of aromatic nitrogens is 3. The summed E-state index contributed by atoms with van der Waals surface area (Å²) in [6.45, 7) is 0.467. The van der Waals surface area contributed by atoms with Gasteiger partial charge in [0.1, 0.15) is 12.2 Å². The minimum absolute atomic E-state index is 0.467. The fourth-order valence-corrected chi connectivity index (χ4v) is 0.507. The molecule has 3 N–H and O–H groups in total. The van der Waals surface area contributed by atoms with Crippen LogP contribution in [0.2, 0.25) is 0 Å². The molecule has 1 aromatic rings. The molecule has 0 aliphatic heterocycles. The first-order valence-electron chi connectivity index (χ1n) is 2.59. The normalized spacial score (nSPS) is 9.89. The molecule has 0 aliphatic rings. The molecule has 9 heavy (non-hydrogen) atoms. The van der Waals surface area contributed by atoms with Crippen LogP contribution in [0.5, 0.6) is 0 Å². The molecule has 50 valence electrons. The third kappa shape index (κ3) is 1.79. The van der Waals surface area contributed by atoms with E-state index in [1.54, 1.807) is 0 Å². The molecule has 0 bridgehead atoms. The average molecular weight is 128 g/mol. The standard InChI is InChI=1S/C4H8N4O/c5-9-2-1-4-6-3-7-8-4/h3H,1-2,5H2,(H,6,7,8). The molecule has 0 fully saturated rings. The first-order chi connectivity index (χ1) is 4.43. The number of hydrogen-bond donors (Lipinski definition) is 2. The van der Waals surface area contributed by atoms with Crippen molar-refractivity contribution in [2.75, 3.05) is 6.61 Å².